The highest BCUT2D eigenvalue weighted by atomic mass is 16.6. The van der Waals surface area contributed by atoms with E-state index < -0.39 is 11.7 Å². The highest BCUT2D eigenvalue weighted by molar-refractivity contribution is 5.68. The van der Waals surface area contributed by atoms with E-state index in [1.165, 1.54) is 0 Å². The number of hydrogen-bond donors (Lipinski definition) is 2. The molecule has 150 valence electrons. The summed E-state index contributed by atoms with van der Waals surface area (Å²) in [5.41, 5.74) is -0.498. The van der Waals surface area contributed by atoms with Crippen molar-refractivity contribution in [2.24, 2.45) is 5.92 Å². The molecule has 1 aromatic heterocycles. The quantitative estimate of drug-likeness (QED) is 0.810. The van der Waals surface area contributed by atoms with E-state index in [9.17, 15) is 9.90 Å². The van der Waals surface area contributed by atoms with Crippen molar-refractivity contribution in [1.29, 1.82) is 0 Å². The van der Waals surface area contributed by atoms with Gasteiger partial charge in [0, 0.05) is 51.0 Å². The molecule has 0 unspecified atom stereocenters. The largest absolute Gasteiger partial charge is 0.472 e. The molecule has 27 heavy (non-hydrogen) atoms. The molecule has 1 saturated heterocycles. The number of hydrogen-bond acceptors (Lipinski definition) is 7. The lowest BCUT2D eigenvalue weighted by Gasteiger charge is -2.37. The topological polar surface area (TPSA) is 96.8 Å². The summed E-state index contributed by atoms with van der Waals surface area (Å²) in [6.07, 6.45) is 6.26. The van der Waals surface area contributed by atoms with Crippen molar-refractivity contribution < 1.29 is 19.4 Å². The van der Waals surface area contributed by atoms with Gasteiger partial charge in [0.1, 0.15) is 11.7 Å². The van der Waals surface area contributed by atoms with Gasteiger partial charge in [-0.15, -0.1) is 0 Å². The predicted molar refractivity (Wildman–Crippen MR) is 101 cm³/mol. The van der Waals surface area contributed by atoms with Crippen molar-refractivity contribution >= 4 is 11.9 Å². The molecule has 0 atom stereocenters. The van der Waals surface area contributed by atoms with Crippen molar-refractivity contribution in [3.05, 3.63) is 12.4 Å². The fraction of sp³-hybridized carbons (Fsp3) is 0.737. The summed E-state index contributed by atoms with van der Waals surface area (Å²) in [5, 5.41) is 12.2. The minimum absolute atomic E-state index is 0.00960. The average molecular weight is 378 g/mol. The normalized spacial score (nSPS) is 23.5. The molecule has 1 saturated carbocycles. The lowest BCUT2D eigenvalue weighted by molar-refractivity contribution is 0.0354. The van der Waals surface area contributed by atoms with Gasteiger partial charge in [-0.2, -0.15) is 0 Å². The summed E-state index contributed by atoms with van der Waals surface area (Å²) < 4.78 is 11.3. The van der Waals surface area contributed by atoms with Crippen molar-refractivity contribution in [2.45, 2.75) is 64.2 Å². The minimum Gasteiger partial charge on any atom is -0.472 e. The molecule has 2 heterocycles. The second-order valence-electron chi connectivity index (χ2n) is 8.35. The van der Waals surface area contributed by atoms with E-state index in [-0.39, 0.29) is 18.8 Å². The van der Waals surface area contributed by atoms with Gasteiger partial charge in [-0.1, -0.05) is 0 Å². The number of nitrogens with zero attached hydrogens (tertiary/aromatic N) is 3. The second kappa shape index (κ2) is 8.29. The summed E-state index contributed by atoms with van der Waals surface area (Å²) in [7, 11) is 0. The first-order valence-electron chi connectivity index (χ1n) is 9.67. The van der Waals surface area contributed by atoms with Gasteiger partial charge in [-0.05, 0) is 39.5 Å². The summed E-state index contributed by atoms with van der Waals surface area (Å²) in [6.45, 7) is 7.46. The third kappa shape index (κ3) is 5.45. The maximum absolute atomic E-state index is 11.8. The average Bonchev–Trinajstić information content (AvgIpc) is 2.59. The first kappa shape index (κ1) is 19.7. The van der Waals surface area contributed by atoms with Crippen LogP contribution >= 0.6 is 0 Å². The zero-order chi connectivity index (χ0) is 19.4. The Morgan fingerprint density at radius 1 is 1.26 bits per heavy atom. The lowest BCUT2D eigenvalue weighted by atomic mass is 9.89. The summed E-state index contributed by atoms with van der Waals surface area (Å²) in [4.78, 5) is 22.8. The number of carbonyl (C=O) groups is 1. The first-order chi connectivity index (χ1) is 12.8. The number of alkyl carbamates (subject to hydrolysis) is 1. The zero-order valence-corrected chi connectivity index (χ0v) is 16.4. The van der Waals surface area contributed by atoms with E-state index in [4.69, 9.17) is 9.47 Å². The molecular formula is C19H30N4O4. The zero-order valence-electron chi connectivity index (χ0n) is 16.4. The molecular weight excluding hydrogens is 348 g/mol. The van der Waals surface area contributed by atoms with E-state index in [1.54, 1.807) is 12.4 Å². The number of aromatic nitrogens is 2. The smallest absolute Gasteiger partial charge is 0.407 e. The number of aliphatic hydroxyl groups excluding tert-OH is 1. The molecule has 0 aromatic carbocycles. The van der Waals surface area contributed by atoms with Crippen molar-refractivity contribution in [1.82, 2.24) is 15.3 Å². The third-order valence-corrected chi connectivity index (χ3v) is 4.91. The standard InChI is InChI=1S/C19H30N4O4/c1-19(2,3)27-18(25)22-14-10-15(11-14)26-17-16(20-6-7-21-17)23-8-4-13(12-24)5-9-23/h6-7,13-15,24H,4-5,8-12H2,1-3H3,(H,22,25)/t14-,15+. The maximum atomic E-state index is 11.8. The molecule has 2 aliphatic rings. The van der Waals surface area contributed by atoms with Gasteiger partial charge in [0.05, 0.1) is 0 Å². The van der Waals surface area contributed by atoms with E-state index in [0.29, 0.717) is 11.8 Å². The summed E-state index contributed by atoms with van der Waals surface area (Å²) in [6, 6.07) is 0.0604. The Labute approximate surface area is 160 Å². The molecule has 8 nitrogen and oxygen atoms in total. The van der Waals surface area contributed by atoms with Gasteiger partial charge in [0.25, 0.3) is 5.88 Å². The van der Waals surface area contributed by atoms with Crippen LogP contribution in [0, 0.1) is 5.92 Å². The number of piperidine rings is 1. The monoisotopic (exact) mass is 378 g/mol. The van der Waals surface area contributed by atoms with Gasteiger partial charge in [-0.25, -0.2) is 14.8 Å². The van der Waals surface area contributed by atoms with Crippen molar-refractivity contribution in [2.75, 3.05) is 24.6 Å². The molecule has 0 spiro atoms. The second-order valence-corrected chi connectivity index (χ2v) is 8.35. The molecule has 1 aliphatic heterocycles. The van der Waals surface area contributed by atoms with Crippen LogP contribution in [0.4, 0.5) is 10.6 Å². The summed E-state index contributed by atoms with van der Waals surface area (Å²) >= 11 is 0. The van der Waals surface area contributed by atoms with Crippen molar-refractivity contribution in [3.8, 4) is 5.88 Å². The highest BCUT2D eigenvalue weighted by Crippen LogP contribution is 2.32. The van der Waals surface area contributed by atoms with E-state index >= 15 is 0 Å². The van der Waals surface area contributed by atoms with Crippen LogP contribution in [-0.2, 0) is 4.74 Å². The molecule has 0 bridgehead atoms. The Kier molecular flexibility index (Phi) is 6.04. The molecule has 1 amide bonds. The molecule has 1 aromatic rings. The Morgan fingerprint density at radius 2 is 1.93 bits per heavy atom. The Bertz CT molecular complexity index is 635. The number of ether oxygens (including phenoxy) is 2. The number of rotatable bonds is 5. The number of amides is 1. The van der Waals surface area contributed by atoms with Crippen LogP contribution in [0.5, 0.6) is 5.88 Å². The van der Waals surface area contributed by atoms with E-state index in [1.807, 2.05) is 20.8 Å². The predicted octanol–water partition coefficient (Wildman–Crippen LogP) is 2.12. The number of nitrogens with one attached hydrogen (secondary N) is 1. The van der Waals surface area contributed by atoms with E-state index in [0.717, 1.165) is 44.6 Å². The lowest BCUT2D eigenvalue weighted by Crippen LogP contribution is -2.50. The Balaban J connectivity index is 1.49. The number of aliphatic hydroxyl groups is 1. The van der Waals surface area contributed by atoms with Crippen LogP contribution < -0.4 is 15.0 Å². The summed E-state index contributed by atoms with van der Waals surface area (Å²) in [5.74, 6) is 1.67. The fourth-order valence-electron chi connectivity index (χ4n) is 3.36. The van der Waals surface area contributed by atoms with Crippen molar-refractivity contribution in [3.63, 3.8) is 0 Å². The van der Waals surface area contributed by atoms with Gasteiger partial charge in [-0.3, -0.25) is 0 Å². The van der Waals surface area contributed by atoms with E-state index in [2.05, 4.69) is 20.2 Å². The van der Waals surface area contributed by atoms with Gasteiger partial charge < -0.3 is 24.8 Å². The molecule has 2 fully saturated rings. The van der Waals surface area contributed by atoms with Gasteiger partial charge in [0.2, 0.25) is 0 Å². The third-order valence-electron chi connectivity index (χ3n) is 4.91. The van der Waals surface area contributed by atoms with Crippen LogP contribution in [0.25, 0.3) is 0 Å². The number of carbonyl (C=O) groups excluding carboxylic acids is 1. The van der Waals surface area contributed by atoms with Gasteiger partial charge in [0.15, 0.2) is 5.82 Å². The molecule has 0 radical (unpaired) electrons. The van der Waals surface area contributed by atoms with Crippen LogP contribution in [-0.4, -0.2) is 58.6 Å². The Morgan fingerprint density at radius 3 is 2.56 bits per heavy atom. The molecule has 8 heteroatoms. The van der Waals surface area contributed by atoms with Gasteiger partial charge >= 0.3 is 6.09 Å². The van der Waals surface area contributed by atoms with Crippen LogP contribution in [0.15, 0.2) is 12.4 Å². The number of anilines is 1. The fourth-order valence-corrected chi connectivity index (χ4v) is 3.36. The SMILES string of the molecule is CC(C)(C)OC(=O)N[C@H]1C[C@@H](Oc2nccnc2N2CCC(CO)CC2)C1. The minimum atomic E-state index is -0.498. The Hall–Kier alpha value is -2.09. The maximum Gasteiger partial charge on any atom is 0.407 e. The van der Waals surface area contributed by atoms with Crippen LogP contribution in [0.1, 0.15) is 46.5 Å². The molecule has 1 aliphatic carbocycles. The molecule has 2 N–H and O–H groups in total. The van der Waals surface area contributed by atoms with Crippen LogP contribution in [0.3, 0.4) is 0 Å². The van der Waals surface area contributed by atoms with Crippen LogP contribution in [0.2, 0.25) is 0 Å². The highest BCUT2D eigenvalue weighted by Gasteiger charge is 2.34. The first-order valence-corrected chi connectivity index (χ1v) is 9.67. The molecule has 3 rings (SSSR count).